The van der Waals surface area contributed by atoms with E-state index in [1.165, 1.54) is 0 Å². The van der Waals surface area contributed by atoms with E-state index in [4.69, 9.17) is 0 Å². The number of aromatic nitrogens is 1. The van der Waals surface area contributed by atoms with Crippen molar-refractivity contribution in [2.75, 3.05) is 4.72 Å². The van der Waals surface area contributed by atoms with Crippen LogP contribution >= 0.6 is 0 Å². The van der Waals surface area contributed by atoms with Crippen LogP contribution in [0.15, 0.2) is 95.9 Å². The van der Waals surface area contributed by atoms with Crippen LogP contribution in [-0.2, 0) is 10.0 Å². The number of pyridine rings is 1. The van der Waals surface area contributed by atoms with Gasteiger partial charge in [-0.2, -0.15) is 0 Å². The summed E-state index contributed by atoms with van der Waals surface area (Å²) in [5.74, 6) is 0. The van der Waals surface area contributed by atoms with Crippen molar-refractivity contribution in [2.45, 2.75) is 4.90 Å². The minimum Gasteiger partial charge on any atom is -0.279 e. The quantitative estimate of drug-likeness (QED) is 0.574. The summed E-state index contributed by atoms with van der Waals surface area (Å²) < 4.78 is 28.0. The van der Waals surface area contributed by atoms with Gasteiger partial charge in [0, 0.05) is 10.9 Å². The number of hydrogen-bond acceptors (Lipinski definition) is 3. The van der Waals surface area contributed by atoms with Crippen LogP contribution in [0.1, 0.15) is 0 Å². The smallest absolute Gasteiger partial charge is 0.261 e. The summed E-state index contributed by atoms with van der Waals surface area (Å²) in [4.78, 5) is 4.90. The van der Waals surface area contributed by atoms with Crippen molar-refractivity contribution in [1.29, 1.82) is 0 Å². The molecule has 1 aromatic heterocycles. The van der Waals surface area contributed by atoms with Crippen LogP contribution in [-0.4, -0.2) is 13.4 Å². The van der Waals surface area contributed by atoms with E-state index >= 15 is 0 Å². The zero-order chi connectivity index (χ0) is 18.0. The van der Waals surface area contributed by atoms with Gasteiger partial charge < -0.3 is 0 Å². The average Bonchev–Trinajstić information content (AvgIpc) is 2.68. The molecule has 0 spiro atoms. The molecule has 0 aliphatic heterocycles. The van der Waals surface area contributed by atoms with Gasteiger partial charge in [0.1, 0.15) is 0 Å². The molecule has 26 heavy (non-hydrogen) atoms. The fourth-order valence-corrected chi connectivity index (χ4v) is 3.92. The number of rotatable bonds is 4. The average molecular weight is 360 g/mol. The Hall–Kier alpha value is -3.18. The number of nitrogens with one attached hydrogen (secondary N) is 1. The minimum atomic E-state index is -3.66. The van der Waals surface area contributed by atoms with E-state index in [9.17, 15) is 8.42 Å². The molecule has 0 radical (unpaired) electrons. The highest BCUT2D eigenvalue weighted by Gasteiger charge is 2.16. The highest BCUT2D eigenvalue weighted by Crippen LogP contribution is 2.29. The predicted octanol–water partition coefficient (Wildman–Crippen LogP) is 4.70. The largest absolute Gasteiger partial charge is 0.279 e. The summed E-state index contributed by atoms with van der Waals surface area (Å²) >= 11 is 0. The van der Waals surface area contributed by atoms with E-state index in [1.807, 2.05) is 48.5 Å². The Morgan fingerprint density at radius 2 is 1.38 bits per heavy atom. The van der Waals surface area contributed by atoms with E-state index in [0.717, 1.165) is 22.2 Å². The maximum absolute atomic E-state index is 12.7. The third kappa shape index (κ3) is 3.17. The third-order valence-electron chi connectivity index (χ3n) is 4.10. The Labute approximate surface area is 152 Å². The summed E-state index contributed by atoms with van der Waals surface area (Å²) in [6.45, 7) is 0. The molecule has 4 aromatic rings. The van der Waals surface area contributed by atoms with Gasteiger partial charge in [0.15, 0.2) is 0 Å². The Balaban J connectivity index is 1.77. The molecule has 0 fully saturated rings. The summed E-state index contributed by atoms with van der Waals surface area (Å²) in [5, 5.41) is 1.04. The topological polar surface area (TPSA) is 59.1 Å². The van der Waals surface area contributed by atoms with Gasteiger partial charge in [-0.3, -0.25) is 4.72 Å². The summed E-state index contributed by atoms with van der Waals surface area (Å²) in [7, 11) is -3.66. The molecular weight excluding hydrogens is 344 g/mol. The molecular formula is C21H16N2O2S. The van der Waals surface area contributed by atoms with Gasteiger partial charge >= 0.3 is 0 Å². The highest BCUT2D eigenvalue weighted by atomic mass is 32.2. The lowest BCUT2D eigenvalue weighted by Gasteiger charge is -2.13. The molecule has 0 bridgehead atoms. The van der Waals surface area contributed by atoms with Crippen molar-refractivity contribution < 1.29 is 8.42 Å². The van der Waals surface area contributed by atoms with E-state index < -0.39 is 10.0 Å². The summed E-state index contributed by atoms with van der Waals surface area (Å²) in [6, 6.07) is 27.3. The Kier molecular flexibility index (Phi) is 4.14. The predicted molar refractivity (Wildman–Crippen MR) is 104 cm³/mol. The first-order chi connectivity index (χ1) is 12.6. The van der Waals surface area contributed by atoms with E-state index in [2.05, 4.69) is 9.71 Å². The molecule has 5 heteroatoms. The van der Waals surface area contributed by atoms with Crippen molar-refractivity contribution in [2.24, 2.45) is 0 Å². The van der Waals surface area contributed by atoms with Gasteiger partial charge in [0.05, 0.1) is 21.8 Å². The zero-order valence-corrected chi connectivity index (χ0v) is 14.6. The Morgan fingerprint density at radius 1 is 0.692 bits per heavy atom. The molecule has 4 rings (SSSR count). The van der Waals surface area contributed by atoms with Gasteiger partial charge in [-0.15, -0.1) is 0 Å². The first-order valence-corrected chi connectivity index (χ1v) is 9.65. The second-order valence-corrected chi connectivity index (χ2v) is 7.54. The highest BCUT2D eigenvalue weighted by molar-refractivity contribution is 7.92. The first kappa shape index (κ1) is 16.3. The van der Waals surface area contributed by atoms with E-state index in [-0.39, 0.29) is 4.90 Å². The first-order valence-electron chi connectivity index (χ1n) is 8.16. The van der Waals surface area contributed by atoms with Crippen LogP contribution in [0.4, 0.5) is 5.69 Å². The van der Waals surface area contributed by atoms with Gasteiger partial charge in [0.25, 0.3) is 10.0 Å². The summed E-state index contributed by atoms with van der Waals surface area (Å²) in [5.41, 5.74) is 2.82. The molecule has 3 aromatic carbocycles. The minimum absolute atomic E-state index is 0.223. The standard InChI is InChI=1S/C21H16N2O2S/c24-26(25,17-9-2-1-3-10-17)23-21-13-7-5-11-18(21)20-15-14-16-8-4-6-12-19(16)22-20/h1-15,23H. The van der Waals surface area contributed by atoms with E-state index in [1.54, 1.807) is 42.5 Å². The van der Waals surface area contributed by atoms with Gasteiger partial charge in [0.2, 0.25) is 0 Å². The second kappa shape index (κ2) is 6.61. The fourth-order valence-electron chi connectivity index (χ4n) is 2.81. The molecule has 0 saturated heterocycles. The SMILES string of the molecule is O=S(=O)(Nc1ccccc1-c1ccc2ccccc2n1)c1ccccc1. The number of anilines is 1. The number of benzene rings is 3. The number of fused-ring (bicyclic) bond motifs is 1. The molecule has 0 amide bonds. The van der Waals surface area contributed by atoms with Gasteiger partial charge in [-0.1, -0.05) is 60.7 Å². The second-order valence-electron chi connectivity index (χ2n) is 5.85. The normalized spacial score (nSPS) is 11.4. The number of para-hydroxylation sites is 2. The number of sulfonamides is 1. The van der Waals surface area contributed by atoms with Gasteiger partial charge in [-0.25, -0.2) is 13.4 Å². The van der Waals surface area contributed by atoms with Crippen molar-refractivity contribution in [3.05, 3.63) is 91.0 Å². The lowest BCUT2D eigenvalue weighted by Crippen LogP contribution is -2.13. The molecule has 0 unspecified atom stereocenters. The molecule has 1 N–H and O–H groups in total. The van der Waals surface area contributed by atoms with Crippen LogP contribution in [0.3, 0.4) is 0 Å². The molecule has 0 aliphatic rings. The summed E-state index contributed by atoms with van der Waals surface area (Å²) in [6.07, 6.45) is 0. The third-order valence-corrected chi connectivity index (χ3v) is 5.48. The fraction of sp³-hybridized carbons (Fsp3) is 0. The Bertz CT molecular complexity index is 1170. The lowest BCUT2D eigenvalue weighted by atomic mass is 10.1. The molecule has 0 aliphatic carbocycles. The van der Waals surface area contributed by atoms with Crippen molar-refractivity contribution >= 4 is 26.6 Å². The van der Waals surface area contributed by atoms with E-state index in [0.29, 0.717) is 5.69 Å². The van der Waals surface area contributed by atoms with Gasteiger partial charge in [-0.05, 0) is 30.3 Å². The van der Waals surface area contributed by atoms with Crippen LogP contribution < -0.4 is 4.72 Å². The molecule has 0 atom stereocenters. The maximum atomic E-state index is 12.7. The maximum Gasteiger partial charge on any atom is 0.261 e. The molecule has 1 heterocycles. The van der Waals surface area contributed by atoms with Crippen molar-refractivity contribution in [3.8, 4) is 11.3 Å². The molecule has 4 nitrogen and oxygen atoms in total. The number of nitrogens with zero attached hydrogens (tertiary/aromatic N) is 1. The lowest BCUT2D eigenvalue weighted by molar-refractivity contribution is 0.601. The van der Waals surface area contributed by atoms with Crippen molar-refractivity contribution in [3.63, 3.8) is 0 Å². The molecule has 128 valence electrons. The Morgan fingerprint density at radius 3 is 2.23 bits per heavy atom. The number of hydrogen-bond donors (Lipinski definition) is 1. The molecule has 0 saturated carbocycles. The van der Waals surface area contributed by atoms with Crippen molar-refractivity contribution in [1.82, 2.24) is 4.98 Å². The van der Waals surface area contributed by atoms with Crippen LogP contribution in [0.2, 0.25) is 0 Å². The van der Waals surface area contributed by atoms with Crippen LogP contribution in [0.25, 0.3) is 22.2 Å². The monoisotopic (exact) mass is 360 g/mol. The zero-order valence-electron chi connectivity index (χ0n) is 13.8. The van der Waals surface area contributed by atoms with Crippen LogP contribution in [0, 0.1) is 0 Å². The van der Waals surface area contributed by atoms with Crippen LogP contribution in [0.5, 0.6) is 0 Å².